The quantitative estimate of drug-likeness (QED) is 0.728. The van der Waals surface area contributed by atoms with E-state index in [2.05, 4.69) is 19.8 Å². The summed E-state index contributed by atoms with van der Waals surface area (Å²) < 4.78 is 13.9. The summed E-state index contributed by atoms with van der Waals surface area (Å²) in [5, 5.41) is 1.06. The van der Waals surface area contributed by atoms with Gasteiger partial charge in [0.15, 0.2) is 0 Å². The summed E-state index contributed by atoms with van der Waals surface area (Å²) in [5.74, 6) is 0.803. The highest BCUT2D eigenvalue weighted by molar-refractivity contribution is 5.89. The van der Waals surface area contributed by atoms with Gasteiger partial charge >= 0.3 is 0 Å². The van der Waals surface area contributed by atoms with Gasteiger partial charge in [-0.25, -0.2) is 14.4 Å². The number of rotatable bonds is 2. The number of nitrogens with zero attached hydrogens (tertiary/aromatic N) is 4. The Hall–Kier alpha value is -2.69. The highest BCUT2D eigenvalue weighted by Crippen LogP contribution is 2.25. The van der Waals surface area contributed by atoms with E-state index in [1.807, 2.05) is 36.4 Å². The maximum Gasteiger partial charge on any atom is 0.146 e. The van der Waals surface area contributed by atoms with Crippen LogP contribution < -0.4 is 9.80 Å². The zero-order valence-corrected chi connectivity index (χ0v) is 12.7. The SMILES string of the molecule is Fc1ccccc1N1CCN(c2ncnc3ccccc23)CC1. The third kappa shape index (κ3) is 2.59. The summed E-state index contributed by atoms with van der Waals surface area (Å²) in [6.45, 7) is 3.18. The van der Waals surface area contributed by atoms with Gasteiger partial charge in [0.05, 0.1) is 11.2 Å². The van der Waals surface area contributed by atoms with Gasteiger partial charge in [-0.2, -0.15) is 0 Å². The molecule has 1 saturated heterocycles. The van der Waals surface area contributed by atoms with Gasteiger partial charge in [-0.15, -0.1) is 0 Å². The van der Waals surface area contributed by atoms with E-state index >= 15 is 0 Å². The number of benzene rings is 2. The number of anilines is 2. The molecule has 0 unspecified atom stereocenters. The zero-order chi connectivity index (χ0) is 15.6. The van der Waals surface area contributed by atoms with Crippen molar-refractivity contribution < 1.29 is 4.39 Å². The van der Waals surface area contributed by atoms with E-state index in [0.29, 0.717) is 5.69 Å². The van der Waals surface area contributed by atoms with E-state index in [9.17, 15) is 4.39 Å². The first-order valence-electron chi connectivity index (χ1n) is 7.77. The number of aromatic nitrogens is 2. The summed E-state index contributed by atoms with van der Waals surface area (Å²) >= 11 is 0. The summed E-state index contributed by atoms with van der Waals surface area (Å²) in [7, 11) is 0. The third-order valence-corrected chi connectivity index (χ3v) is 4.29. The van der Waals surface area contributed by atoms with Gasteiger partial charge in [-0.3, -0.25) is 0 Å². The van der Waals surface area contributed by atoms with Gasteiger partial charge in [0.2, 0.25) is 0 Å². The van der Waals surface area contributed by atoms with Crippen LogP contribution in [0.1, 0.15) is 0 Å². The van der Waals surface area contributed by atoms with Crippen LogP contribution in [0.25, 0.3) is 10.9 Å². The number of halogens is 1. The molecule has 2 heterocycles. The standard InChI is InChI=1S/C18H17FN4/c19-15-6-2-4-8-17(15)22-9-11-23(12-10-22)18-14-5-1-3-7-16(14)20-13-21-18/h1-8,13H,9-12H2. The molecule has 1 fully saturated rings. The Morgan fingerprint density at radius 3 is 2.30 bits per heavy atom. The second kappa shape index (κ2) is 5.83. The van der Waals surface area contributed by atoms with Gasteiger partial charge in [-0.1, -0.05) is 24.3 Å². The largest absolute Gasteiger partial charge is 0.366 e. The average Bonchev–Trinajstić information content (AvgIpc) is 2.62. The van der Waals surface area contributed by atoms with E-state index in [4.69, 9.17) is 0 Å². The van der Waals surface area contributed by atoms with Gasteiger partial charge in [0.1, 0.15) is 18.0 Å². The van der Waals surface area contributed by atoms with Crippen molar-refractivity contribution in [3.63, 3.8) is 0 Å². The summed E-state index contributed by atoms with van der Waals surface area (Å²) in [4.78, 5) is 13.1. The maximum atomic E-state index is 13.9. The molecule has 0 amide bonds. The summed E-state index contributed by atoms with van der Waals surface area (Å²) in [5.41, 5.74) is 1.63. The van der Waals surface area contributed by atoms with E-state index < -0.39 is 0 Å². The van der Waals surface area contributed by atoms with Crippen molar-refractivity contribution in [2.24, 2.45) is 0 Å². The Balaban J connectivity index is 1.57. The topological polar surface area (TPSA) is 32.3 Å². The van der Waals surface area contributed by atoms with Gasteiger partial charge in [0.25, 0.3) is 0 Å². The fourth-order valence-electron chi connectivity index (χ4n) is 3.11. The van der Waals surface area contributed by atoms with Crippen molar-refractivity contribution in [2.45, 2.75) is 0 Å². The number of hydrogen-bond donors (Lipinski definition) is 0. The molecule has 4 rings (SSSR count). The minimum Gasteiger partial charge on any atom is -0.366 e. The molecular formula is C18H17FN4. The fraction of sp³-hybridized carbons (Fsp3) is 0.222. The summed E-state index contributed by atoms with van der Waals surface area (Å²) in [6, 6.07) is 15.0. The molecule has 0 radical (unpaired) electrons. The lowest BCUT2D eigenvalue weighted by molar-refractivity contribution is 0.596. The molecule has 2 aromatic carbocycles. The molecule has 0 spiro atoms. The van der Waals surface area contributed by atoms with Crippen molar-refractivity contribution in [3.05, 3.63) is 60.7 Å². The molecule has 1 aliphatic heterocycles. The Morgan fingerprint density at radius 2 is 1.48 bits per heavy atom. The molecule has 0 aliphatic carbocycles. The van der Waals surface area contributed by atoms with Crippen LogP contribution in [0.5, 0.6) is 0 Å². The van der Waals surface area contributed by atoms with Crippen LogP contribution in [-0.2, 0) is 0 Å². The minimum absolute atomic E-state index is 0.159. The van der Waals surface area contributed by atoms with Crippen LogP contribution in [0.3, 0.4) is 0 Å². The highest BCUT2D eigenvalue weighted by atomic mass is 19.1. The average molecular weight is 308 g/mol. The van der Waals surface area contributed by atoms with Gasteiger partial charge in [0, 0.05) is 31.6 Å². The van der Waals surface area contributed by atoms with E-state index in [-0.39, 0.29) is 5.82 Å². The van der Waals surface area contributed by atoms with E-state index in [1.165, 1.54) is 6.07 Å². The van der Waals surface area contributed by atoms with E-state index in [0.717, 1.165) is 42.9 Å². The maximum absolute atomic E-state index is 13.9. The summed E-state index contributed by atoms with van der Waals surface area (Å²) in [6.07, 6.45) is 1.61. The molecule has 5 heteroatoms. The number of fused-ring (bicyclic) bond motifs is 1. The van der Waals surface area contributed by atoms with Crippen LogP contribution in [0.2, 0.25) is 0 Å². The molecule has 3 aromatic rings. The first-order chi connectivity index (χ1) is 11.3. The molecule has 23 heavy (non-hydrogen) atoms. The smallest absolute Gasteiger partial charge is 0.146 e. The van der Waals surface area contributed by atoms with Crippen LogP contribution in [0, 0.1) is 5.82 Å². The van der Waals surface area contributed by atoms with Crippen molar-refractivity contribution in [3.8, 4) is 0 Å². The molecule has 1 aromatic heterocycles. The van der Waals surface area contributed by atoms with Crippen LogP contribution in [-0.4, -0.2) is 36.1 Å². The van der Waals surface area contributed by atoms with Crippen LogP contribution in [0.4, 0.5) is 15.9 Å². The number of hydrogen-bond acceptors (Lipinski definition) is 4. The minimum atomic E-state index is -0.159. The Bertz CT molecular complexity index is 823. The molecule has 0 bridgehead atoms. The lowest BCUT2D eigenvalue weighted by Gasteiger charge is -2.37. The third-order valence-electron chi connectivity index (χ3n) is 4.29. The van der Waals surface area contributed by atoms with Crippen molar-refractivity contribution in [2.75, 3.05) is 36.0 Å². The molecule has 4 nitrogen and oxygen atoms in total. The molecular weight excluding hydrogens is 291 g/mol. The molecule has 0 saturated carbocycles. The van der Waals surface area contributed by atoms with Crippen molar-refractivity contribution in [1.82, 2.24) is 9.97 Å². The highest BCUT2D eigenvalue weighted by Gasteiger charge is 2.21. The Morgan fingerprint density at radius 1 is 0.783 bits per heavy atom. The van der Waals surface area contributed by atoms with Gasteiger partial charge < -0.3 is 9.80 Å². The molecule has 0 atom stereocenters. The van der Waals surface area contributed by atoms with E-state index in [1.54, 1.807) is 12.4 Å². The van der Waals surface area contributed by atoms with Crippen LogP contribution in [0.15, 0.2) is 54.9 Å². The molecule has 1 aliphatic rings. The number of piperazine rings is 1. The lowest BCUT2D eigenvalue weighted by Crippen LogP contribution is -2.47. The Labute approximate surface area is 134 Å². The predicted octanol–water partition coefficient (Wildman–Crippen LogP) is 3.10. The Kier molecular flexibility index (Phi) is 3.54. The normalized spacial score (nSPS) is 15.2. The van der Waals surface area contributed by atoms with Crippen LogP contribution >= 0.6 is 0 Å². The molecule has 0 N–H and O–H groups in total. The van der Waals surface area contributed by atoms with Crippen molar-refractivity contribution >= 4 is 22.4 Å². The first kappa shape index (κ1) is 13.9. The number of para-hydroxylation sites is 2. The fourth-order valence-corrected chi connectivity index (χ4v) is 3.11. The second-order valence-electron chi connectivity index (χ2n) is 5.64. The van der Waals surface area contributed by atoms with Crippen molar-refractivity contribution in [1.29, 1.82) is 0 Å². The molecule has 116 valence electrons. The first-order valence-corrected chi connectivity index (χ1v) is 7.77. The monoisotopic (exact) mass is 308 g/mol. The second-order valence-corrected chi connectivity index (χ2v) is 5.64. The lowest BCUT2D eigenvalue weighted by atomic mass is 10.2. The van der Waals surface area contributed by atoms with Gasteiger partial charge in [-0.05, 0) is 24.3 Å². The zero-order valence-electron chi connectivity index (χ0n) is 12.7. The predicted molar refractivity (Wildman–Crippen MR) is 90.4 cm³/mol.